The first-order valence-electron chi connectivity index (χ1n) is 7.37. The Morgan fingerprint density at radius 1 is 1.14 bits per heavy atom. The minimum atomic E-state index is -0.825. The normalized spacial score (nSPS) is 22.9. The number of halogens is 1. The number of amides is 1. The summed E-state index contributed by atoms with van der Waals surface area (Å²) >= 11 is 6.19. The molecule has 2 heterocycles. The summed E-state index contributed by atoms with van der Waals surface area (Å²) < 4.78 is 6.16. The molecule has 1 saturated heterocycles. The lowest BCUT2D eigenvalue weighted by molar-refractivity contribution is -0.0304. The Kier molecular flexibility index (Phi) is 2.87. The number of benzene rings is 2. The van der Waals surface area contributed by atoms with Crippen molar-refractivity contribution in [3.63, 3.8) is 0 Å². The molecule has 1 amide bonds. The van der Waals surface area contributed by atoms with Gasteiger partial charge in [0.1, 0.15) is 0 Å². The summed E-state index contributed by atoms with van der Waals surface area (Å²) in [4.78, 5) is 14.6. The predicted octanol–water partition coefficient (Wildman–Crippen LogP) is 3.64. The molecular formula is C18H16ClNO2. The lowest BCUT2D eigenvalue weighted by Crippen LogP contribution is -2.40. The maximum Gasteiger partial charge on any atom is 0.257 e. The van der Waals surface area contributed by atoms with Gasteiger partial charge in [-0.2, -0.15) is 0 Å². The van der Waals surface area contributed by atoms with Gasteiger partial charge in [0.15, 0.2) is 5.72 Å². The number of nitrogens with zero attached hydrogens (tertiary/aromatic N) is 1. The Labute approximate surface area is 134 Å². The molecule has 4 rings (SSSR count). The third-order valence-electron chi connectivity index (χ3n) is 4.44. The monoisotopic (exact) mass is 313 g/mol. The Bertz CT molecular complexity index is 781. The second-order valence-corrected chi connectivity index (χ2v) is 6.45. The van der Waals surface area contributed by atoms with E-state index >= 15 is 0 Å². The molecule has 0 N–H and O–H groups in total. The van der Waals surface area contributed by atoms with E-state index in [4.69, 9.17) is 16.3 Å². The Morgan fingerprint density at radius 3 is 2.59 bits per heavy atom. The Balaban J connectivity index is 2.03. The Hall–Kier alpha value is -1.84. The second kappa shape index (κ2) is 4.58. The van der Waals surface area contributed by atoms with Gasteiger partial charge in [-0.05, 0) is 32.0 Å². The molecule has 3 nitrogen and oxygen atoms in total. The third-order valence-corrected chi connectivity index (χ3v) is 4.68. The van der Waals surface area contributed by atoms with Gasteiger partial charge in [0.05, 0.1) is 6.61 Å². The van der Waals surface area contributed by atoms with Crippen molar-refractivity contribution in [2.45, 2.75) is 19.6 Å². The van der Waals surface area contributed by atoms with Crippen LogP contribution in [0.2, 0.25) is 5.02 Å². The van der Waals surface area contributed by atoms with Crippen LogP contribution in [0.3, 0.4) is 0 Å². The minimum absolute atomic E-state index is 0.0170. The summed E-state index contributed by atoms with van der Waals surface area (Å²) in [5.74, 6) is 0.0170. The van der Waals surface area contributed by atoms with E-state index in [9.17, 15) is 4.79 Å². The summed E-state index contributed by atoms with van der Waals surface area (Å²) in [5, 5.41) is 0.618. The third kappa shape index (κ3) is 1.70. The van der Waals surface area contributed by atoms with Crippen LogP contribution in [0.5, 0.6) is 0 Å². The molecule has 2 aliphatic rings. The molecule has 2 aromatic carbocycles. The van der Waals surface area contributed by atoms with Gasteiger partial charge in [0.2, 0.25) is 0 Å². The van der Waals surface area contributed by atoms with Crippen molar-refractivity contribution in [3.8, 4) is 0 Å². The molecule has 1 fully saturated rings. The summed E-state index contributed by atoms with van der Waals surface area (Å²) in [6.45, 7) is 5.24. The Morgan fingerprint density at radius 2 is 1.86 bits per heavy atom. The van der Waals surface area contributed by atoms with Crippen molar-refractivity contribution < 1.29 is 9.53 Å². The summed E-state index contributed by atoms with van der Waals surface area (Å²) in [6, 6.07) is 11.7. The zero-order valence-electron chi connectivity index (χ0n) is 12.5. The smallest absolute Gasteiger partial charge is 0.257 e. The van der Waals surface area contributed by atoms with Crippen LogP contribution in [-0.4, -0.2) is 24.0 Å². The van der Waals surface area contributed by atoms with Gasteiger partial charge in [-0.3, -0.25) is 9.69 Å². The van der Waals surface area contributed by atoms with Crippen molar-refractivity contribution in [2.75, 3.05) is 13.2 Å². The number of aryl methyl sites for hydroxylation is 2. The lowest BCUT2D eigenvalue weighted by Gasteiger charge is -2.32. The number of ether oxygens (including phenoxy) is 1. The van der Waals surface area contributed by atoms with E-state index in [0.717, 1.165) is 22.3 Å². The number of fused-ring (bicyclic) bond motifs is 3. The predicted molar refractivity (Wildman–Crippen MR) is 85.1 cm³/mol. The molecule has 0 aliphatic carbocycles. The number of rotatable bonds is 1. The molecule has 22 heavy (non-hydrogen) atoms. The highest BCUT2D eigenvalue weighted by atomic mass is 35.5. The highest BCUT2D eigenvalue weighted by molar-refractivity contribution is 6.30. The van der Waals surface area contributed by atoms with Gasteiger partial charge in [-0.1, -0.05) is 40.9 Å². The van der Waals surface area contributed by atoms with Crippen LogP contribution in [0, 0.1) is 13.8 Å². The fraction of sp³-hybridized carbons (Fsp3) is 0.278. The molecule has 0 radical (unpaired) electrons. The number of hydrogen-bond donors (Lipinski definition) is 0. The molecule has 2 aromatic rings. The average Bonchev–Trinajstić information content (AvgIpc) is 2.98. The van der Waals surface area contributed by atoms with E-state index in [1.54, 1.807) is 12.1 Å². The molecule has 0 aromatic heterocycles. The highest BCUT2D eigenvalue weighted by Crippen LogP contribution is 2.48. The van der Waals surface area contributed by atoms with Crippen LogP contribution in [0.25, 0.3) is 0 Å². The van der Waals surface area contributed by atoms with Gasteiger partial charge in [-0.25, -0.2) is 0 Å². The minimum Gasteiger partial charge on any atom is -0.345 e. The van der Waals surface area contributed by atoms with E-state index in [-0.39, 0.29) is 5.91 Å². The molecule has 0 bridgehead atoms. The van der Waals surface area contributed by atoms with Crippen molar-refractivity contribution in [2.24, 2.45) is 0 Å². The lowest BCUT2D eigenvalue weighted by atomic mass is 9.91. The molecule has 1 atom stereocenters. The van der Waals surface area contributed by atoms with E-state index in [1.165, 1.54) is 0 Å². The summed E-state index contributed by atoms with van der Waals surface area (Å²) in [5.41, 5.74) is 4.02. The molecule has 1 unspecified atom stereocenters. The first-order valence-corrected chi connectivity index (χ1v) is 7.75. The van der Waals surface area contributed by atoms with E-state index in [2.05, 4.69) is 32.0 Å². The first-order chi connectivity index (χ1) is 10.5. The molecule has 0 saturated carbocycles. The van der Waals surface area contributed by atoms with Gasteiger partial charge < -0.3 is 4.74 Å². The van der Waals surface area contributed by atoms with Crippen LogP contribution in [-0.2, 0) is 10.5 Å². The maximum atomic E-state index is 12.7. The average molecular weight is 314 g/mol. The van der Waals surface area contributed by atoms with E-state index in [1.807, 2.05) is 11.0 Å². The topological polar surface area (TPSA) is 29.5 Å². The van der Waals surface area contributed by atoms with Crippen LogP contribution >= 0.6 is 11.6 Å². The molecule has 0 spiro atoms. The van der Waals surface area contributed by atoms with Crippen LogP contribution in [0.15, 0.2) is 36.4 Å². The molecular weight excluding hydrogens is 298 g/mol. The standard InChI is InChI=1S/C18H16ClNO2/c1-11-7-12(2)9-13(8-11)18-16-10-14(19)3-4-15(16)17(21)20(18)5-6-22-18/h3-4,7-10H,5-6H2,1-2H3. The first kappa shape index (κ1) is 13.8. The summed E-state index contributed by atoms with van der Waals surface area (Å²) in [7, 11) is 0. The van der Waals surface area contributed by atoms with Gasteiger partial charge in [0, 0.05) is 28.3 Å². The van der Waals surface area contributed by atoms with Crippen LogP contribution in [0.4, 0.5) is 0 Å². The van der Waals surface area contributed by atoms with Crippen molar-refractivity contribution in [1.29, 1.82) is 0 Å². The molecule has 112 valence electrons. The van der Waals surface area contributed by atoms with E-state index in [0.29, 0.717) is 23.7 Å². The summed E-state index contributed by atoms with van der Waals surface area (Å²) in [6.07, 6.45) is 0. The van der Waals surface area contributed by atoms with Gasteiger partial charge >= 0.3 is 0 Å². The van der Waals surface area contributed by atoms with E-state index < -0.39 is 5.72 Å². The molecule has 2 aliphatic heterocycles. The number of carbonyl (C=O) groups is 1. The molecule has 4 heteroatoms. The van der Waals surface area contributed by atoms with Gasteiger partial charge in [0.25, 0.3) is 5.91 Å². The van der Waals surface area contributed by atoms with Crippen molar-refractivity contribution >= 4 is 17.5 Å². The largest absolute Gasteiger partial charge is 0.345 e. The fourth-order valence-corrected chi connectivity index (χ4v) is 3.85. The maximum absolute atomic E-state index is 12.7. The highest BCUT2D eigenvalue weighted by Gasteiger charge is 2.55. The zero-order valence-corrected chi connectivity index (χ0v) is 13.3. The van der Waals surface area contributed by atoms with Crippen molar-refractivity contribution in [3.05, 3.63) is 69.2 Å². The van der Waals surface area contributed by atoms with Crippen LogP contribution in [0.1, 0.15) is 32.6 Å². The van der Waals surface area contributed by atoms with Gasteiger partial charge in [-0.15, -0.1) is 0 Å². The van der Waals surface area contributed by atoms with Crippen molar-refractivity contribution in [1.82, 2.24) is 4.90 Å². The van der Waals surface area contributed by atoms with Crippen LogP contribution < -0.4 is 0 Å². The number of hydrogen-bond acceptors (Lipinski definition) is 2. The fourth-order valence-electron chi connectivity index (χ4n) is 3.68. The second-order valence-electron chi connectivity index (χ2n) is 6.02. The SMILES string of the molecule is Cc1cc(C)cc(C23OCCN2C(=O)c2ccc(Cl)cc23)c1. The zero-order chi connectivity index (χ0) is 15.5. The quantitative estimate of drug-likeness (QED) is 0.804. The number of carbonyl (C=O) groups excluding carboxylic acids is 1.